The van der Waals surface area contributed by atoms with Crippen LogP contribution >= 0.6 is 0 Å². The minimum absolute atomic E-state index is 0. The maximum atomic E-state index is 10.0. The van der Waals surface area contributed by atoms with Crippen LogP contribution < -0.4 is 34.9 Å². The van der Waals surface area contributed by atoms with Crippen molar-refractivity contribution in [2.45, 2.75) is 13.0 Å². The standard InChI is InChI=1S/C4H11NO4S.Na.H/c1-4(6)2-5-3-10(7,8)9;;/h4-6H,2-3H2,1H3,(H,7,8,9);;/q;+1;-1. The maximum Gasteiger partial charge on any atom is 1.00 e. The van der Waals surface area contributed by atoms with Crippen LogP contribution in [0.5, 0.6) is 0 Å². The zero-order valence-electron chi connectivity index (χ0n) is 7.61. The summed E-state index contributed by atoms with van der Waals surface area (Å²) in [6.45, 7) is 1.66. The Morgan fingerprint density at radius 3 is 2.36 bits per heavy atom. The van der Waals surface area contributed by atoms with Gasteiger partial charge in [0.15, 0.2) is 0 Å². The van der Waals surface area contributed by atoms with Gasteiger partial charge in [-0.25, -0.2) is 0 Å². The van der Waals surface area contributed by atoms with Crippen LogP contribution in [0.3, 0.4) is 0 Å². The molecule has 0 spiro atoms. The fraction of sp³-hybridized carbons (Fsp3) is 1.00. The van der Waals surface area contributed by atoms with Crippen molar-refractivity contribution >= 4 is 10.1 Å². The molecule has 0 aromatic rings. The van der Waals surface area contributed by atoms with Gasteiger partial charge in [-0.2, -0.15) is 8.42 Å². The molecule has 0 aliphatic carbocycles. The number of hydrogen-bond donors (Lipinski definition) is 3. The molecule has 7 heteroatoms. The van der Waals surface area contributed by atoms with Crippen molar-refractivity contribution < 1.29 is 49.1 Å². The number of nitrogens with one attached hydrogen (secondary N) is 1. The molecular formula is C4H12NNaO4S. The van der Waals surface area contributed by atoms with Gasteiger partial charge in [0.25, 0.3) is 10.1 Å². The van der Waals surface area contributed by atoms with E-state index in [1.165, 1.54) is 6.92 Å². The smallest absolute Gasteiger partial charge is 1.00 e. The van der Waals surface area contributed by atoms with E-state index in [0.717, 1.165) is 0 Å². The molecule has 0 aromatic heterocycles. The zero-order chi connectivity index (χ0) is 8.20. The molecule has 11 heavy (non-hydrogen) atoms. The number of aliphatic hydroxyl groups excluding tert-OH is 1. The minimum Gasteiger partial charge on any atom is -1.00 e. The van der Waals surface area contributed by atoms with E-state index in [4.69, 9.17) is 9.66 Å². The van der Waals surface area contributed by atoms with Crippen LogP contribution in [0, 0.1) is 0 Å². The molecule has 0 saturated heterocycles. The Morgan fingerprint density at radius 2 is 2.09 bits per heavy atom. The summed E-state index contributed by atoms with van der Waals surface area (Å²) >= 11 is 0. The molecule has 0 fully saturated rings. The number of aliphatic hydroxyl groups is 1. The third-order valence-electron chi connectivity index (χ3n) is 0.724. The van der Waals surface area contributed by atoms with Gasteiger partial charge in [0.05, 0.1) is 6.10 Å². The predicted octanol–water partition coefficient (Wildman–Crippen LogP) is -4.08. The first kappa shape index (κ1) is 14.4. The molecule has 0 aliphatic heterocycles. The Kier molecular flexibility index (Phi) is 8.30. The van der Waals surface area contributed by atoms with Crippen molar-refractivity contribution in [2.75, 3.05) is 12.4 Å². The summed E-state index contributed by atoms with van der Waals surface area (Å²) < 4.78 is 28.2. The van der Waals surface area contributed by atoms with Gasteiger partial charge in [-0.3, -0.25) is 9.87 Å². The molecule has 5 nitrogen and oxygen atoms in total. The van der Waals surface area contributed by atoms with E-state index in [9.17, 15) is 8.42 Å². The van der Waals surface area contributed by atoms with Gasteiger partial charge in [0.2, 0.25) is 0 Å². The molecule has 0 rings (SSSR count). The molecule has 1 atom stereocenters. The van der Waals surface area contributed by atoms with E-state index in [1.807, 2.05) is 0 Å². The van der Waals surface area contributed by atoms with Gasteiger partial charge in [-0.1, -0.05) is 0 Å². The first-order chi connectivity index (χ1) is 4.42. The topological polar surface area (TPSA) is 86.6 Å². The summed E-state index contributed by atoms with van der Waals surface area (Å²) in [6.07, 6.45) is -0.609. The molecule has 0 amide bonds. The maximum absolute atomic E-state index is 10.0. The van der Waals surface area contributed by atoms with Crippen LogP contribution in [0.2, 0.25) is 0 Å². The van der Waals surface area contributed by atoms with Crippen LogP contribution in [0.25, 0.3) is 0 Å². The number of hydrogen-bond acceptors (Lipinski definition) is 4. The van der Waals surface area contributed by atoms with Gasteiger partial charge in [0.1, 0.15) is 5.88 Å². The Morgan fingerprint density at radius 1 is 1.64 bits per heavy atom. The Labute approximate surface area is 89.7 Å². The second-order valence-corrected chi connectivity index (χ2v) is 3.48. The molecule has 0 radical (unpaired) electrons. The number of rotatable bonds is 4. The second kappa shape index (κ2) is 6.36. The summed E-state index contributed by atoms with van der Waals surface area (Å²) in [5.41, 5.74) is 0. The SMILES string of the molecule is CC(O)CNCS(=O)(=O)O.[H-].[Na+]. The van der Waals surface area contributed by atoms with Gasteiger partial charge >= 0.3 is 29.6 Å². The molecule has 64 valence electrons. The van der Waals surface area contributed by atoms with E-state index >= 15 is 0 Å². The Balaban J connectivity index is -0.000000405. The fourth-order valence-electron chi connectivity index (χ4n) is 0.397. The third kappa shape index (κ3) is 13.8. The molecule has 0 heterocycles. The average Bonchev–Trinajstić information content (AvgIpc) is 1.59. The van der Waals surface area contributed by atoms with Crippen LogP contribution in [0.15, 0.2) is 0 Å². The summed E-state index contributed by atoms with van der Waals surface area (Å²) in [6, 6.07) is 0. The normalized spacial score (nSPS) is 13.7. The van der Waals surface area contributed by atoms with Crippen molar-refractivity contribution in [3.05, 3.63) is 0 Å². The van der Waals surface area contributed by atoms with Crippen LogP contribution in [-0.2, 0) is 10.1 Å². The fourth-order valence-corrected chi connectivity index (χ4v) is 0.773. The van der Waals surface area contributed by atoms with Gasteiger partial charge in [0, 0.05) is 6.54 Å². The Hall–Kier alpha value is 0.830. The predicted molar refractivity (Wildman–Crippen MR) is 37.2 cm³/mol. The molecule has 0 saturated carbocycles. The molecule has 0 aromatic carbocycles. The van der Waals surface area contributed by atoms with E-state index < -0.39 is 22.1 Å². The van der Waals surface area contributed by atoms with Crippen molar-refractivity contribution in [3.63, 3.8) is 0 Å². The van der Waals surface area contributed by atoms with Gasteiger partial charge in [-0.15, -0.1) is 0 Å². The van der Waals surface area contributed by atoms with E-state index in [0.29, 0.717) is 0 Å². The van der Waals surface area contributed by atoms with Crippen molar-refractivity contribution in [1.82, 2.24) is 5.32 Å². The van der Waals surface area contributed by atoms with Crippen LogP contribution in [0.4, 0.5) is 0 Å². The molecule has 0 aliphatic rings. The monoisotopic (exact) mass is 193 g/mol. The molecule has 3 N–H and O–H groups in total. The third-order valence-corrected chi connectivity index (χ3v) is 1.29. The zero-order valence-corrected chi connectivity index (χ0v) is 9.43. The van der Waals surface area contributed by atoms with Crippen LogP contribution in [-0.4, -0.2) is 36.6 Å². The average molecular weight is 193 g/mol. The summed E-state index contributed by atoms with van der Waals surface area (Å²) in [7, 11) is -3.94. The first-order valence-corrected chi connectivity index (χ1v) is 4.36. The largest absolute Gasteiger partial charge is 1.00 e. The summed E-state index contributed by atoms with van der Waals surface area (Å²) in [5.74, 6) is -0.516. The van der Waals surface area contributed by atoms with E-state index in [2.05, 4.69) is 5.32 Å². The summed E-state index contributed by atoms with van der Waals surface area (Å²) in [4.78, 5) is 0. The Bertz CT molecular complexity index is 183. The van der Waals surface area contributed by atoms with Crippen molar-refractivity contribution in [1.29, 1.82) is 0 Å². The molecule has 0 bridgehead atoms. The quantitative estimate of drug-likeness (QED) is 0.312. The van der Waals surface area contributed by atoms with E-state index in [1.54, 1.807) is 0 Å². The van der Waals surface area contributed by atoms with Gasteiger partial charge in [-0.05, 0) is 6.92 Å². The van der Waals surface area contributed by atoms with Crippen LogP contribution in [0.1, 0.15) is 8.35 Å². The molecular weight excluding hydrogens is 181 g/mol. The summed E-state index contributed by atoms with van der Waals surface area (Å²) in [5, 5.41) is 10.9. The second-order valence-electron chi connectivity index (χ2n) is 2.03. The van der Waals surface area contributed by atoms with Gasteiger partial charge < -0.3 is 6.53 Å². The van der Waals surface area contributed by atoms with Crippen molar-refractivity contribution in [2.24, 2.45) is 0 Å². The minimum atomic E-state index is -3.94. The van der Waals surface area contributed by atoms with Crippen molar-refractivity contribution in [3.8, 4) is 0 Å². The van der Waals surface area contributed by atoms with E-state index in [-0.39, 0.29) is 37.5 Å². The first-order valence-electron chi connectivity index (χ1n) is 2.76. The molecule has 1 unspecified atom stereocenters.